The van der Waals surface area contributed by atoms with Crippen molar-refractivity contribution in [2.24, 2.45) is 0 Å². The summed E-state index contributed by atoms with van der Waals surface area (Å²) in [4.78, 5) is 0. The Balaban J connectivity index is 0.000000523. The second-order valence-electron chi connectivity index (χ2n) is 9.60. The van der Waals surface area contributed by atoms with Crippen LogP contribution < -0.4 is 14.2 Å². The quantitative estimate of drug-likeness (QED) is 0.433. The fourth-order valence-corrected chi connectivity index (χ4v) is 14.7. The molecule has 0 saturated carbocycles. The Labute approximate surface area is 201 Å². The molecule has 0 radical (unpaired) electrons. The van der Waals surface area contributed by atoms with Crippen molar-refractivity contribution >= 4 is 28.3 Å². The Morgan fingerprint density at radius 3 is 2.34 bits per heavy atom. The molecule has 0 bridgehead atoms. The fraction of sp³-hybridized carbons (Fsp3) is 0.241. The van der Waals surface area contributed by atoms with Gasteiger partial charge in [-0.1, -0.05) is 24.8 Å². The van der Waals surface area contributed by atoms with Crippen LogP contribution in [0.15, 0.2) is 79.4 Å². The molecule has 0 saturated heterocycles. The summed E-state index contributed by atoms with van der Waals surface area (Å²) >= 11 is -1.55. The first kappa shape index (κ1) is 24.7. The summed E-state index contributed by atoms with van der Waals surface area (Å²) in [5.74, 6) is 0. The van der Waals surface area contributed by atoms with Crippen molar-refractivity contribution in [3.8, 4) is 0 Å². The van der Waals surface area contributed by atoms with Gasteiger partial charge in [0.15, 0.2) is 0 Å². The van der Waals surface area contributed by atoms with Crippen LogP contribution in [0.5, 0.6) is 0 Å². The summed E-state index contributed by atoms with van der Waals surface area (Å²) in [5.41, 5.74) is 5.70. The molecule has 0 atom stereocenters. The minimum absolute atomic E-state index is 0.174. The van der Waals surface area contributed by atoms with Gasteiger partial charge in [0.1, 0.15) is 0 Å². The van der Waals surface area contributed by atoms with Gasteiger partial charge in [0.05, 0.1) is 0 Å². The first-order valence-corrected chi connectivity index (χ1v) is 18.6. The van der Waals surface area contributed by atoms with Gasteiger partial charge in [0.25, 0.3) is 0 Å². The van der Waals surface area contributed by atoms with Crippen molar-refractivity contribution in [3.63, 3.8) is 0 Å². The molecule has 2 aliphatic carbocycles. The van der Waals surface area contributed by atoms with Crippen molar-refractivity contribution in [2.45, 2.75) is 46.3 Å². The normalized spacial score (nSPS) is 14.0. The van der Waals surface area contributed by atoms with E-state index in [-0.39, 0.29) is 5.54 Å². The summed E-state index contributed by atoms with van der Waals surface area (Å²) in [5, 5.41) is 2.84. The van der Waals surface area contributed by atoms with Crippen molar-refractivity contribution in [3.05, 3.63) is 107 Å². The molecule has 0 unspecified atom stereocenters. The van der Waals surface area contributed by atoms with Gasteiger partial charge in [-0.15, -0.1) is 0 Å². The zero-order chi connectivity index (χ0) is 23.3. The van der Waals surface area contributed by atoms with Crippen LogP contribution >= 0.6 is 0 Å². The SMILES string of the molecule is C=CC=CC.C[SiH](C)[Ti]([NH]C(C)(C)C)[C]1=c2cc3c(cc2C(c2ccccc2)=C1)=CC=C3. The summed E-state index contributed by atoms with van der Waals surface area (Å²) in [7, 11) is 0. The van der Waals surface area contributed by atoms with E-state index in [2.05, 4.69) is 111 Å². The Bertz CT molecular complexity index is 1180. The van der Waals surface area contributed by atoms with Gasteiger partial charge < -0.3 is 0 Å². The number of rotatable bonds is 5. The first-order valence-electron chi connectivity index (χ1n) is 11.5. The molecule has 1 nitrogen and oxygen atoms in total. The van der Waals surface area contributed by atoms with E-state index < -0.39 is 24.0 Å². The van der Waals surface area contributed by atoms with E-state index in [0.29, 0.717) is 0 Å². The summed E-state index contributed by atoms with van der Waals surface area (Å²) in [6, 6.07) is 15.8. The van der Waals surface area contributed by atoms with E-state index in [1.165, 1.54) is 32.7 Å². The third-order valence-electron chi connectivity index (χ3n) is 5.43. The first-order chi connectivity index (χ1) is 15.2. The second-order valence-corrected chi connectivity index (χ2v) is 22.2. The molecule has 0 fully saturated rings. The second kappa shape index (κ2) is 10.8. The number of allylic oxidation sites excluding steroid dienone is 5. The van der Waals surface area contributed by atoms with E-state index in [1.807, 2.05) is 19.1 Å². The molecule has 1 N–H and O–H groups in total. The van der Waals surface area contributed by atoms with Crippen LogP contribution in [0.2, 0.25) is 13.1 Å². The third kappa shape index (κ3) is 5.88. The fourth-order valence-electron chi connectivity index (χ4n) is 4.06. The van der Waals surface area contributed by atoms with E-state index >= 15 is 0 Å². The molecule has 0 aromatic heterocycles. The van der Waals surface area contributed by atoms with Crippen LogP contribution in [-0.2, 0) is 17.4 Å². The Morgan fingerprint density at radius 1 is 1.06 bits per heavy atom. The summed E-state index contributed by atoms with van der Waals surface area (Å²) in [6.45, 7) is 16.6. The standard InChI is InChI=1S/C18H11.C5H8.C4H10N.C2H7Si.Ti/c1-2-5-13(6-3-1)17-10-9-16-11-14-7-4-8-15(14)12-18(16)17;1-3-5-4-2;1-4(2,3)5;1-3-2;/h1-8,10-12H;3-5H,1H2,2H3;5H,1-3H3;3H,1-2H3;/q;;-1;;+1. The topological polar surface area (TPSA) is 12.0 Å². The van der Waals surface area contributed by atoms with Gasteiger partial charge in [-0.05, 0) is 6.92 Å². The van der Waals surface area contributed by atoms with Crippen LogP contribution in [0.25, 0.3) is 21.6 Å². The molecule has 32 heavy (non-hydrogen) atoms. The van der Waals surface area contributed by atoms with E-state index in [0.717, 1.165) is 0 Å². The molecule has 0 heterocycles. The van der Waals surface area contributed by atoms with Crippen molar-refractivity contribution in [1.82, 2.24) is 3.80 Å². The zero-order valence-electron chi connectivity index (χ0n) is 20.4. The van der Waals surface area contributed by atoms with E-state index in [1.54, 1.807) is 9.95 Å². The van der Waals surface area contributed by atoms with E-state index in [4.69, 9.17) is 0 Å². The number of fused-ring (bicyclic) bond motifs is 2. The molecule has 0 aliphatic heterocycles. The molecular formula is C29H36NSiTi. The molecule has 4 rings (SSSR count). The number of hydrogen-bond acceptors (Lipinski definition) is 1. The number of benzene rings is 2. The summed E-state index contributed by atoms with van der Waals surface area (Å²) < 4.78 is 5.74. The average molecular weight is 475 g/mol. The molecule has 0 spiro atoms. The van der Waals surface area contributed by atoms with Crippen molar-refractivity contribution in [2.75, 3.05) is 0 Å². The van der Waals surface area contributed by atoms with Crippen LogP contribution in [0.4, 0.5) is 0 Å². The Morgan fingerprint density at radius 2 is 1.78 bits per heavy atom. The Hall–Kier alpha value is -1.97. The maximum absolute atomic E-state index is 4.10. The molecule has 2 aromatic rings. The van der Waals surface area contributed by atoms with Gasteiger partial charge in [0.2, 0.25) is 0 Å². The minimum atomic E-state index is -1.55. The monoisotopic (exact) mass is 474 g/mol. The Kier molecular flexibility index (Phi) is 8.30. The van der Waals surface area contributed by atoms with Crippen LogP contribution in [0, 0.1) is 0 Å². The predicted octanol–water partition coefficient (Wildman–Crippen LogP) is 5.70. The van der Waals surface area contributed by atoms with Crippen LogP contribution in [-0.4, -0.2) is 12.2 Å². The predicted molar refractivity (Wildman–Crippen MR) is 143 cm³/mol. The van der Waals surface area contributed by atoms with Gasteiger partial charge in [-0.25, -0.2) is 0 Å². The van der Waals surface area contributed by atoms with Crippen LogP contribution in [0.3, 0.4) is 0 Å². The van der Waals surface area contributed by atoms with Gasteiger partial charge in [-0.3, -0.25) is 0 Å². The van der Waals surface area contributed by atoms with Crippen molar-refractivity contribution < 1.29 is 17.4 Å². The van der Waals surface area contributed by atoms with Gasteiger partial charge >= 0.3 is 171 Å². The molecule has 165 valence electrons. The third-order valence-corrected chi connectivity index (χ3v) is 17.0. The molecule has 3 heteroatoms. The average Bonchev–Trinajstić information content (AvgIpc) is 3.35. The zero-order valence-corrected chi connectivity index (χ0v) is 23.1. The number of hydrogen-bond donors (Lipinski definition) is 1. The summed E-state index contributed by atoms with van der Waals surface area (Å²) in [6.07, 6.45) is 14.8. The van der Waals surface area contributed by atoms with Crippen molar-refractivity contribution in [1.29, 1.82) is 0 Å². The van der Waals surface area contributed by atoms with E-state index in [9.17, 15) is 0 Å². The number of nitrogens with one attached hydrogen (secondary N) is 1. The molecular weight excluding hydrogens is 438 g/mol. The molecule has 0 amide bonds. The maximum atomic E-state index is 4.10. The molecule has 2 aliphatic rings. The van der Waals surface area contributed by atoms with Gasteiger partial charge in [-0.2, -0.15) is 0 Å². The van der Waals surface area contributed by atoms with Gasteiger partial charge in [0, 0.05) is 0 Å². The van der Waals surface area contributed by atoms with Crippen LogP contribution in [0.1, 0.15) is 44.4 Å². The molecule has 2 aromatic carbocycles.